The topological polar surface area (TPSA) is 37.3 Å². The molecule has 0 aromatic heterocycles. The summed E-state index contributed by atoms with van der Waals surface area (Å²) in [6.07, 6.45) is 0.650. The number of carbonyl (C=O) groups is 1. The van der Waals surface area contributed by atoms with Crippen molar-refractivity contribution in [2.75, 3.05) is 0 Å². The summed E-state index contributed by atoms with van der Waals surface area (Å²) in [5.74, 6) is 0.0463. The van der Waals surface area contributed by atoms with Crippen molar-refractivity contribution >= 4 is 33.0 Å². The Morgan fingerprint density at radius 1 is 1.21 bits per heavy atom. The molecule has 0 radical (unpaired) electrons. The van der Waals surface area contributed by atoms with E-state index in [2.05, 4.69) is 15.9 Å². The average molecular weight is 251 g/mol. The van der Waals surface area contributed by atoms with E-state index in [0.29, 0.717) is 17.2 Å². The van der Waals surface area contributed by atoms with Crippen molar-refractivity contribution in [2.24, 2.45) is 0 Å². The first-order valence-electron chi connectivity index (χ1n) is 4.09. The van der Waals surface area contributed by atoms with E-state index in [1.165, 1.54) is 0 Å². The summed E-state index contributed by atoms with van der Waals surface area (Å²) < 4.78 is 0.947. The first-order valence-corrected chi connectivity index (χ1v) is 4.88. The smallest absolute Gasteiger partial charge is 0.153 e. The Morgan fingerprint density at radius 3 is 2.71 bits per heavy atom. The zero-order chi connectivity index (χ0) is 10.1. The van der Waals surface area contributed by atoms with Crippen LogP contribution < -0.4 is 0 Å². The summed E-state index contributed by atoms with van der Waals surface area (Å²) in [5, 5.41) is 11.3. The van der Waals surface area contributed by atoms with E-state index in [9.17, 15) is 9.90 Å². The molecular weight excluding hydrogens is 244 g/mol. The number of phenolic OH excluding ortho intramolecular Hbond substituents is 1. The molecule has 2 aromatic carbocycles. The lowest BCUT2D eigenvalue weighted by atomic mass is 10.1. The van der Waals surface area contributed by atoms with Gasteiger partial charge in [-0.3, -0.25) is 4.79 Å². The highest BCUT2D eigenvalue weighted by atomic mass is 79.9. The van der Waals surface area contributed by atoms with Gasteiger partial charge in [-0.2, -0.15) is 0 Å². The van der Waals surface area contributed by atoms with Gasteiger partial charge in [0.15, 0.2) is 6.29 Å². The molecule has 14 heavy (non-hydrogen) atoms. The fourth-order valence-electron chi connectivity index (χ4n) is 1.40. The highest BCUT2D eigenvalue weighted by Crippen LogP contribution is 2.29. The third kappa shape index (κ3) is 1.40. The minimum absolute atomic E-state index is 0.0463. The number of hydrogen-bond donors (Lipinski definition) is 1. The maximum absolute atomic E-state index is 10.6. The molecule has 70 valence electrons. The van der Waals surface area contributed by atoms with Crippen LogP contribution >= 0.6 is 15.9 Å². The monoisotopic (exact) mass is 250 g/mol. The number of phenols is 1. The predicted octanol–water partition coefficient (Wildman–Crippen LogP) is 3.12. The molecule has 0 aliphatic rings. The van der Waals surface area contributed by atoms with Gasteiger partial charge in [0.25, 0.3) is 0 Å². The van der Waals surface area contributed by atoms with Crippen molar-refractivity contribution < 1.29 is 9.90 Å². The van der Waals surface area contributed by atoms with Crippen molar-refractivity contribution in [1.82, 2.24) is 0 Å². The van der Waals surface area contributed by atoms with Crippen molar-refractivity contribution in [3.05, 3.63) is 40.4 Å². The normalized spacial score (nSPS) is 10.4. The van der Waals surface area contributed by atoms with Crippen LogP contribution in [0.1, 0.15) is 10.4 Å². The van der Waals surface area contributed by atoms with Crippen LogP contribution in [-0.2, 0) is 0 Å². The molecule has 0 saturated heterocycles. The molecule has 0 saturated carbocycles. The molecule has 0 amide bonds. The molecule has 2 aromatic rings. The molecule has 0 fully saturated rings. The second-order valence-corrected chi connectivity index (χ2v) is 3.90. The van der Waals surface area contributed by atoms with E-state index in [0.717, 1.165) is 9.86 Å². The van der Waals surface area contributed by atoms with E-state index in [4.69, 9.17) is 0 Å². The summed E-state index contributed by atoms with van der Waals surface area (Å²) in [7, 11) is 0. The van der Waals surface area contributed by atoms with Crippen LogP contribution in [0, 0.1) is 0 Å². The van der Waals surface area contributed by atoms with Gasteiger partial charge in [-0.15, -0.1) is 0 Å². The minimum atomic E-state index is 0.0463. The van der Waals surface area contributed by atoms with E-state index < -0.39 is 0 Å². The first kappa shape index (κ1) is 9.21. The molecule has 1 N–H and O–H groups in total. The van der Waals surface area contributed by atoms with E-state index >= 15 is 0 Å². The lowest BCUT2D eigenvalue weighted by molar-refractivity contribution is 0.112. The lowest BCUT2D eigenvalue weighted by Gasteiger charge is -2.03. The summed E-state index contributed by atoms with van der Waals surface area (Å²) in [6.45, 7) is 0. The number of hydrogen-bond acceptors (Lipinski definition) is 2. The Bertz CT molecular complexity index is 506. The summed E-state index contributed by atoms with van der Waals surface area (Å²) in [5.41, 5.74) is 0.319. The van der Waals surface area contributed by atoms with E-state index in [1.54, 1.807) is 12.1 Å². The van der Waals surface area contributed by atoms with E-state index in [-0.39, 0.29) is 5.75 Å². The Labute approximate surface area is 89.3 Å². The van der Waals surface area contributed by atoms with Gasteiger partial charge in [0.05, 0.1) is 5.56 Å². The summed E-state index contributed by atoms with van der Waals surface area (Å²) in [6, 6.07) is 8.92. The summed E-state index contributed by atoms with van der Waals surface area (Å²) in [4.78, 5) is 10.6. The quantitative estimate of drug-likeness (QED) is 0.790. The fourth-order valence-corrected chi connectivity index (χ4v) is 1.78. The minimum Gasteiger partial charge on any atom is -0.507 e. The molecule has 2 nitrogen and oxygen atoms in total. The third-order valence-electron chi connectivity index (χ3n) is 2.11. The Balaban J connectivity index is 2.83. The van der Waals surface area contributed by atoms with Gasteiger partial charge < -0.3 is 5.11 Å². The van der Waals surface area contributed by atoms with Gasteiger partial charge in [0.2, 0.25) is 0 Å². The van der Waals surface area contributed by atoms with Crippen molar-refractivity contribution in [1.29, 1.82) is 0 Å². The summed E-state index contributed by atoms with van der Waals surface area (Å²) >= 11 is 3.34. The lowest BCUT2D eigenvalue weighted by Crippen LogP contribution is -1.82. The number of aldehydes is 1. The molecule has 0 unspecified atom stereocenters. The van der Waals surface area contributed by atoms with Crippen LogP contribution in [0.5, 0.6) is 5.75 Å². The number of carbonyl (C=O) groups excluding carboxylic acids is 1. The average Bonchev–Trinajstić information content (AvgIpc) is 2.18. The maximum Gasteiger partial charge on any atom is 0.153 e. The van der Waals surface area contributed by atoms with Crippen LogP contribution in [0.2, 0.25) is 0 Å². The molecule has 0 aliphatic carbocycles. The van der Waals surface area contributed by atoms with Crippen LogP contribution in [0.4, 0.5) is 0 Å². The molecule has 0 bridgehead atoms. The number of fused-ring (bicyclic) bond motifs is 1. The van der Waals surface area contributed by atoms with Crippen LogP contribution in [0.15, 0.2) is 34.8 Å². The number of rotatable bonds is 1. The van der Waals surface area contributed by atoms with Gasteiger partial charge in [0.1, 0.15) is 5.75 Å². The molecule has 3 heteroatoms. The highest BCUT2D eigenvalue weighted by Gasteiger charge is 2.05. The Morgan fingerprint density at radius 2 is 2.00 bits per heavy atom. The zero-order valence-electron chi connectivity index (χ0n) is 7.20. The van der Waals surface area contributed by atoms with Gasteiger partial charge in [-0.1, -0.05) is 22.0 Å². The second kappa shape index (κ2) is 3.42. The standard InChI is InChI=1S/C11H7BrO2/c12-9-3-4-10-7(5-9)1-2-8(6-13)11(10)14/h1-6,14H. The highest BCUT2D eigenvalue weighted by molar-refractivity contribution is 9.10. The number of aromatic hydroxyl groups is 1. The molecule has 0 atom stereocenters. The zero-order valence-corrected chi connectivity index (χ0v) is 8.78. The molecule has 0 aliphatic heterocycles. The fraction of sp³-hybridized carbons (Fsp3) is 0. The molecular formula is C11H7BrO2. The third-order valence-corrected chi connectivity index (χ3v) is 2.60. The largest absolute Gasteiger partial charge is 0.507 e. The predicted molar refractivity (Wildman–Crippen MR) is 58.7 cm³/mol. The van der Waals surface area contributed by atoms with Crippen molar-refractivity contribution in [2.45, 2.75) is 0 Å². The van der Waals surface area contributed by atoms with Gasteiger partial charge >= 0.3 is 0 Å². The number of halogens is 1. The molecule has 0 heterocycles. The molecule has 0 spiro atoms. The maximum atomic E-state index is 10.6. The van der Waals surface area contributed by atoms with Gasteiger partial charge in [-0.05, 0) is 29.7 Å². The van der Waals surface area contributed by atoms with Crippen molar-refractivity contribution in [3.63, 3.8) is 0 Å². The van der Waals surface area contributed by atoms with Crippen LogP contribution in [0.25, 0.3) is 10.8 Å². The molecule has 2 rings (SSSR count). The van der Waals surface area contributed by atoms with E-state index in [1.807, 2.05) is 18.2 Å². The van der Waals surface area contributed by atoms with Crippen molar-refractivity contribution in [3.8, 4) is 5.75 Å². The Kier molecular flexibility index (Phi) is 2.25. The first-order chi connectivity index (χ1) is 6.72. The SMILES string of the molecule is O=Cc1ccc2cc(Br)ccc2c1O. The van der Waals surface area contributed by atoms with Crippen LogP contribution in [-0.4, -0.2) is 11.4 Å². The van der Waals surface area contributed by atoms with Gasteiger partial charge in [0, 0.05) is 9.86 Å². The van der Waals surface area contributed by atoms with Crippen LogP contribution in [0.3, 0.4) is 0 Å². The second-order valence-electron chi connectivity index (χ2n) is 2.99. The van der Waals surface area contributed by atoms with Gasteiger partial charge in [-0.25, -0.2) is 0 Å². The number of benzene rings is 2. The Hall–Kier alpha value is -1.35.